The molecule has 0 spiro atoms. The van der Waals surface area contributed by atoms with Crippen molar-refractivity contribution in [1.29, 1.82) is 0 Å². The Morgan fingerprint density at radius 2 is 2.30 bits per heavy atom. The summed E-state index contributed by atoms with van der Waals surface area (Å²) in [6.45, 7) is 0. The average Bonchev–Trinajstić information content (AvgIpc) is 1.90. The Morgan fingerprint density at radius 3 is 3.00 bits per heavy atom. The van der Waals surface area contributed by atoms with Crippen LogP contribution in [0.25, 0.3) is 0 Å². The summed E-state index contributed by atoms with van der Waals surface area (Å²) in [7, 11) is -3.61. The highest BCUT2D eigenvalue weighted by atomic mass is 32.2. The van der Waals surface area contributed by atoms with Gasteiger partial charge < -0.3 is 4.18 Å². The van der Waals surface area contributed by atoms with Crippen LogP contribution < -0.4 is 0 Å². The molecule has 0 amide bonds. The maximum Gasteiger partial charge on any atom is 0.311 e. The predicted octanol–water partition coefficient (Wildman–Crippen LogP) is 0.938. The van der Waals surface area contributed by atoms with Crippen LogP contribution in [0, 0.1) is 0 Å². The molecule has 0 saturated carbocycles. The van der Waals surface area contributed by atoms with Crippen molar-refractivity contribution in [2.45, 2.75) is 12.8 Å². The second-order valence-corrected chi connectivity index (χ2v) is 3.69. The predicted molar refractivity (Wildman–Crippen MR) is 33.3 cm³/mol. The van der Waals surface area contributed by atoms with Gasteiger partial charge in [-0.05, 0) is 18.9 Å². The van der Waals surface area contributed by atoms with Crippen LogP contribution >= 0.6 is 0 Å². The van der Waals surface area contributed by atoms with E-state index in [0.29, 0.717) is 12.8 Å². The van der Waals surface area contributed by atoms with Crippen molar-refractivity contribution < 1.29 is 17.0 Å². The summed E-state index contributed by atoms with van der Waals surface area (Å²) < 4.78 is 37.3. The van der Waals surface area contributed by atoms with E-state index in [1.807, 2.05) is 0 Å². The summed E-state index contributed by atoms with van der Waals surface area (Å²) >= 11 is 0. The molecule has 0 bridgehead atoms. The lowest BCUT2D eigenvalue weighted by Crippen LogP contribution is -2.06. The zero-order chi connectivity index (χ0) is 7.61. The Hall–Kier alpha value is -0.580. The van der Waals surface area contributed by atoms with Crippen LogP contribution in [-0.4, -0.2) is 14.2 Å². The normalized spacial score (nSPS) is 24.3. The van der Waals surface area contributed by atoms with E-state index in [2.05, 4.69) is 4.18 Å². The summed E-state index contributed by atoms with van der Waals surface area (Å²) in [5.41, 5.74) is 0. The lowest BCUT2D eigenvalue weighted by Gasteiger charge is -1.97. The summed E-state index contributed by atoms with van der Waals surface area (Å²) in [5, 5.41) is 0. The minimum atomic E-state index is -3.61. The summed E-state index contributed by atoms with van der Waals surface area (Å²) in [5.74, 6) is -0.100. The second kappa shape index (κ2) is 2.57. The molecule has 1 rings (SSSR count). The first-order chi connectivity index (χ1) is 4.60. The van der Waals surface area contributed by atoms with Gasteiger partial charge in [-0.2, -0.15) is 12.8 Å². The summed E-state index contributed by atoms with van der Waals surface area (Å²) in [6, 6.07) is -1.00. The van der Waals surface area contributed by atoms with Gasteiger partial charge in [0, 0.05) is 0 Å². The van der Waals surface area contributed by atoms with E-state index in [4.69, 9.17) is 0 Å². The maximum absolute atomic E-state index is 12.2. The molecule has 0 aliphatic carbocycles. The van der Waals surface area contributed by atoms with Crippen LogP contribution in [0.5, 0.6) is 0 Å². The van der Waals surface area contributed by atoms with Crippen molar-refractivity contribution >= 4 is 10.1 Å². The van der Waals surface area contributed by atoms with Crippen LogP contribution in [0.15, 0.2) is 12.1 Å². The lowest BCUT2D eigenvalue weighted by molar-refractivity contribution is 0.306. The molecule has 0 aromatic heterocycles. The zero-order valence-electron chi connectivity index (χ0n) is 5.21. The van der Waals surface area contributed by atoms with Gasteiger partial charge >= 0.3 is 10.1 Å². The molecule has 3 nitrogen and oxygen atoms in total. The number of hydrogen-bond acceptors (Lipinski definition) is 3. The molecular formula is C5H7FO3S. The Kier molecular flexibility index (Phi) is 1.94. The molecule has 5 heteroatoms. The molecular weight excluding hydrogens is 159 g/mol. The highest BCUT2D eigenvalue weighted by molar-refractivity contribution is 7.86. The molecule has 0 aromatic carbocycles. The fourth-order valence-corrected chi connectivity index (χ4v) is 1.59. The van der Waals surface area contributed by atoms with E-state index in [1.54, 1.807) is 0 Å². The molecule has 0 fully saturated rings. The van der Waals surface area contributed by atoms with E-state index >= 15 is 0 Å². The molecule has 58 valence electrons. The van der Waals surface area contributed by atoms with Crippen LogP contribution in [0.1, 0.15) is 12.8 Å². The summed E-state index contributed by atoms with van der Waals surface area (Å²) in [4.78, 5) is 0. The number of allylic oxidation sites excluding steroid dienone is 1. The van der Waals surface area contributed by atoms with Crippen LogP contribution in [0.4, 0.5) is 4.39 Å². The molecule has 10 heavy (non-hydrogen) atoms. The van der Waals surface area contributed by atoms with Gasteiger partial charge in [-0.1, -0.05) is 0 Å². The number of halogens is 1. The first kappa shape index (κ1) is 7.53. The van der Waals surface area contributed by atoms with Crippen molar-refractivity contribution in [2.75, 3.05) is 5.75 Å². The monoisotopic (exact) mass is 166 g/mol. The third-order valence-electron chi connectivity index (χ3n) is 1.11. The Balaban J connectivity index is 2.79. The van der Waals surface area contributed by atoms with Crippen molar-refractivity contribution in [2.24, 2.45) is 0 Å². The van der Waals surface area contributed by atoms with Crippen LogP contribution in [0.3, 0.4) is 0 Å². The molecule has 0 N–H and O–H groups in total. The van der Waals surface area contributed by atoms with Crippen LogP contribution in [-0.2, 0) is 14.3 Å². The van der Waals surface area contributed by atoms with Crippen molar-refractivity contribution in [1.82, 2.24) is 0 Å². The molecule has 1 aliphatic rings. The van der Waals surface area contributed by atoms with Gasteiger partial charge in [0.1, 0.15) is 0 Å². The highest BCUT2D eigenvalue weighted by Gasteiger charge is 2.16. The minimum Gasteiger partial charge on any atom is -0.353 e. The number of hydrogen-bond donors (Lipinski definition) is 0. The van der Waals surface area contributed by atoms with Gasteiger partial charge in [0.15, 0.2) is 0 Å². The van der Waals surface area contributed by atoms with E-state index < -0.39 is 16.1 Å². The van der Waals surface area contributed by atoms with E-state index in [0.717, 1.165) is 6.08 Å². The van der Waals surface area contributed by atoms with Crippen molar-refractivity contribution in [3.63, 3.8) is 0 Å². The fraction of sp³-hybridized carbons (Fsp3) is 0.600. The Labute approximate surface area is 58.6 Å². The smallest absolute Gasteiger partial charge is 0.311 e. The van der Waals surface area contributed by atoms with E-state index in [1.165, 1.54) is 0 Å². The third kappa shape index (κ3) is 1.98. The summed E-state index contributed by atoms with van der Waals surface area (Å²) in [6.07, 6.45) is 1.98. The Morgan fingerprint density at radius 1 is 1.60 bits per heavy atom. The molecule has 0 atom stereocenters. The molecule has 0 saturated heterocycles. The average molecular weight is 166 g/mol. The quantitative estimate of drug-likeness (QED) is 0.503. The fourth-order valence-electron chi connectivity index (χ4n) is 0.673. The minimum absolute atomic E-state index is 0.100. The first-order valence-corrected chi connectivity index (χ1v) is 4.46. The van der Waals surface area contributed by atoms with Gasteiger partial charge in [-0.3, -0.25) is 0 Å². The second-order valence-electron chi connectivity index (χ2n) is 2.00. The molecule has 0 unspecified atom stereocenters. The molecule has 0 aromatic rings. The van der Waals surface area contributed by atoms with Gasteiger partial charge in [0.05, 0.1) is 5.75 Å². The topological polar surface area (TPSA) is 43.4 Å². The van der Waals surface area contributed by atoms with E-state index in [-0.39, 0.29) is 5.75 Å². The number of rotatable bonds is 0. The standard InChI is InChI=1S/C5H7FO3S/c6-5-3-1-2-4-10(7,8)9-5/h3H,1-2,4H2. The van der Waals surface area contributed by atoms with Crippen molar-refractivity contribution in [3.8, 4) is 0 Å². The molecule has 0 radical (unpaired) electrons. The Bertz CT molecular complexity index is 242. The molecule has 1 aliphatic heterocycles. The molecule has 1 heterocycles. The highest BCUT2D eigenvalue weighted by Crippen LogP contribution is 2.13. The third-order valence-corrected chi connectivity index (χ3v) is 2.31. The van der Waals surface area contributed by atoms with Crippen LogP contribution in [0.2, 0.25) is 0 Å². The zero-order valence-corrected chi connectivity index (χ0v) is 6.03. The first-order valence-electron chi connectivity index (χ1n) is 2.88. The van der Waals surface area contributed by atoms with E-state index in [9.17, 15) is 12.8 Å². The maximum atomic E-state index is 12.2. The largest absolute Gasteiger partial charge is 0.353 e. The van der Waals surface area contributed by atoms with Gasteiger partial charge in [-0.15, -0.1) is 0 Å². The SMILES string of the molecule is O=S1(=O)CCCC=C(F)O1. The van der Waals surface area contributed by atoms with Gasteiger partial charge in [0.25, 0.3) is 6.01 Å². The van der Waals surface area contributed by atoms with Gasteiger partial charge in [0.2, 0.25) is 0 Å². The van der Waals surface area contributed by atoms with Crippen molar-refractivity contribution in [3.05, 3.63) is 12.1 Å². The van der Waals surface area contributed by atoms with Gasteiger partial charge in [-0.25, -0.2) is 0 Å². The lowest BCUT2D eigenvalue weighted by atomic mass is 10.3.